The average molecular weight is 278 g/mol. The molecule has 0 spiro atoms. The van der Waals surface area contributed by atoms with Crippen LogP contribution in [0.1, 0.15) is 29.5 Å². The van der Waals surface area contributed by atoms with Crippen LogP contribution in [0.2, 0.25) is 0 Å². The van der Waals surface area contributed by atoms with Gasteiger partial charge < -0.3 is 10.6 Å². The highest BCUT2D eigenvalue weighted by atomic mass is 15.0. The molecule has 0 amide bonds. The number of nitrogens with one attached hydrogen (secondary N) is 2. The minimum atomic E-state index is 0.539. The van der Waals surface area contributed by atoms with Crippen molar-refractivity contribution in [2.75, 3.05) is 18.4 Å². The third-order valence-electron chi connectivity index (χ3n) is 4.22. The van der Waals surface area contributed by atoms with Crippen LogP contribution >= 0.6 is 0 Å². The second-order valence-electron chi connectivity index (χ2n) is 5.65. The van der Waals surface area contributed by atoms with Gasteiger partial charge in [0.15, 0.2) is 0 Å². The number of nitrogens with zero attached hydrogens (tertiary/aromatic N) is 2. The van der Waals surface area contributed by atoms with Crippen molar-refractivity contribution in [2.24, 2.45) is 0 Å². The molecular weight excluding hydrogens is 260 g/mol. The Morgan fingerprint density at radius 2 is 1.95 bits per heavy atom. The van der Waals surface area contributed by atoms with E-state index in [1.165, 1.54) is 22.4 Å². The van der Waals surface area contributed by atoms with Gasteiger partial charge in [-0.15, -0.1) is 4.67 Å². The molecule has 4 rings (SSSR count). The van der Waals surface area contributed by atoms with Gasteiger partial charge in [0, 0.05) is 12.1 Å². The molecule has 1 fully saturated rings. The lowest BCUT2D eigenvalue weighted by Crippen LogP contribution is -2.35. The van der Waals surface area contributed by atoms with Gasteiger partial charge in [-0.1, -0.05) is 4.67 Å². The van der Waals surface area contributed by atoms with Crippen LogP contribution in [0.5, 0.6) is 0 Å². The number of hydrogen-bond donors (Lipinski definition) is 2. The molecule has 104 valence electrons. The third kappa shape index (κ3) is 2.37. The summed E-state index contributed by atoms with van der Waals surface area (Å²) in [6.07, 6.45) is 12.0. The zero-order valence-electron chi connectivity index (χ0n) is 11.8. The Bertz CT molecular complexity index is 738. The first kappa shape index (κ1) is 12.4. The van der Waals surface area contributed by atoms with Crippen molar-refractivity contribution < 1.29 is 0 Å². The summed E-state index contributed by atoms with van der Waals surface area (Å²) in [6, 6.07) is 4.95. The lowest BCUT2D eigenvalue weighted by atomic mass is 9.98. The Balaban J connectivity index is 1.68. The van der Waals surface area contributed by atoms with Gasteiger partial charge in [0.25, 0.3) is 12.4 Å². The van der Waals surface area contributed by atoms with Crippen molar-refractivity contribution >= 4 is 36.1 Å². The van der Waals surface area contributed by atoms with Crippen LogP contribution in [0.15, 0.2) is 18.2 Å². The number of rotatable bonds is 3. The van der Waals surface area contributed by atoms with Gasteiger partial charge >= 0.3 is 12.4 Å². The number of anilines is 1. The van der Waals surface area contributed by atoms with Crippen molar-refractivity contribution in [1.82, 2.24) is 14.7 Å². The lowest BCUT2D eigenvalue weighted by molar-refractivity contribution is 0.479. The molecule has 3 heterocycles. The molecule has 2 N–H and O–H groups in total. The summed E-state index contributed by atoms with van der Waals surface area (Å²) in [5.41, 5.74) is 5.94. The van der Waals surface area contributed by atoms with Crippen molar-refractivity contribution in [1.29, 1.82) is 0 Å². The van der Waals surface area contributed by atoms with E-state index in [9.17, 15) is 0 Å². The second-order valence-corrected chi connectivity index (χ2v) is 5.65. The molecule has 21 heavy (non-hydrogen) atoms. The summed E-state index contributed by atoms with van der Waals surface area (Å²) in [7, 11) is 0. The molecule has 0 bridgehead atoms. The molecule has 3 aliphatic rings. The molecule has 0 aliphatic carbocycles. The minimum Gasteiger partial charge on any atom is -0.381 e. The zero-order valence-corrected chi connectivity index (χ0v) is 11.8. The molecule has 0 radical (unpaired) electrons. The van der Waals surface area contributed by atoms with Gasteiger partial charge in [-0.2, -0.15) is 0 Å². The summed E-state index contributed by atoms with van der Waals surface area (Å²) in [6.45, 7) is 2.18. The lowest BCUT2D eigenvalue weighted by Gasteiger charge is -2.25. The van der Waals surface area contributed by atoms with E-state index in [4.69, 9.17) is 0 Å². The monoisotopic (exact) mass is 278 g/mol. The molecule has 0 aromatic heterocycles. The molecular formula is C17H18N4+2. The number of benzene rings is 1. The van der Waals surface area contributed by atoms with E-state index in [-0.39, 0.29) is 0 Å². The van der Waals surface area contributed by atoms with Gasteiger partial charge in [0.05, 0.1) is 22.4 Å². The highest BCUT2D eigenvalue weighted by Gasteiger charge is 2.22. The third-order valence-corrected chi connectivity index (χ3v) is 4.22. The van der Waals surface area contributed by atoms with Crippen LogP contribution in [-0.2, 0) is 0 Å². The van der Waals surface area contributed by atoms with Crippen LogP contribution in [0.4, 0.5) is 5.69 Å². The molecule has 4 nitrogen and oxygen atoms in total. The quantitative estimate of drug-likeness (QED) is 0.797. The molecule has 0 saturated carbocycles. The predicted octanol–water partition coefficient (Wildman–Crippen LogP) is 0.375. The van der Waals surface area contributed by atoms with Crippen molar-refractivity contribution in [3.63, 3.8) is 0 Å². The standard InChI is InChI=1S/C17H17N4/c1-4-19-9-12(1)13-7-14-10-20-11-16(14)17(8-13)21-15-2-5-18-6-3-15/h1,4,7-11,15,18H,2-3,5-6H2/q+1/p+1. The SMILES string of the molecule is C1=[N+]=CC(c2cc3c(c(NC4CCNCC4)c2)C=[N+]=C3)=C1. The summed E-state index contributed by atoms with van der Waals surface area (Å²) in [5.74, 6) is 0. The fraction of sp³-hybridized carbons (Fsp3) is 0.294. The molecule has 3 aliphatic heterocycles. The Hall–Kier alpha value is -2.38. The van der Waals surface area contributed by atoms with E-state index in [2.05, 4.69) is 32.1 Å². The Morgan fingerprint density at radius 1 is 1.05 bits per heavy atom. The fourth-order valence-corrected chi connectivity index (χ4v) is 3.05. The molecule has 1 aromatic rings. The largest absolute Gasteiger partial charge is 0.381 e. The first-order chi connectivity index (χ1) is 10.4. The van der Waals surface area contributed by atoms with Crippen LogP contribution in [-0.4, -0.2) is 44.0 Å². The Kier molecular flexibility index (Phi) is 3.06. The molecule has 1 aromatic carbocycles. The summed E-state index contributed by atoms with van der Waals surface area (Å²) >= 11 is 0. The van der Waals surface area contributed by atoms with Gasteiger partial charge in [-0.3, -0.25) is 0 Å². The molecule has 4 heteroatoms. The van der Waals surface area contributed by atoms with E-state index in [0.29, 0.717) is 6.04 Å². The predicted molar refractivity (Wildman–Crippen MR) is 90.7 cm³/mol. The normalized spacial score (nSPS) is 19.1. The second kappa shape index (κ2) is 5.19. The van der Waals surface area contributed by atoms with Crippen molar-refractivity contribution in [3.8, 4) is 0 Å². The first-order valence-corrected chi connectivity index (χ1v) is 7.49. The fourth-order valence-electron chi connectivity index (χ4n) is 3.05. The highest BCUT2D eigenvalue weighted by molar-refractivity contribution is 6.18. The number of allylic oxidation sites excluding steroid dienone is 2. The van der Waals surface area contributed by atoms with Crippen LogP contribution in [0, 0.1) is 0 Å². The van der Waals surface area contributed by atoms with E-state index in [1.807, 2.05) is 30.9 Å². The van der Waals surface area contributed by atoms with Crippen molar-refractivity contribution in [3.05, 3.63) is 34.9 Å². The van der Waals surface area contributed by atoms with Crippen LogP contribution < -0.4 is 20.0 Å². The topological polar surface area (TPSA) is 52.3 Å². The summed E-state index contributed by atoms with van der Waals surface area (Å²) < 4.78 is 8.48. The molecule has 0 atom stereocenters. The average Bonchev–Trinajstić information content (AvgIpc) is 3.19. The summed E-state index contributed by atoms with van der Waals surface area (Å²) in [4.78, 5) is 0. The molecule has 1 saturated heterocycles. The van der Waals surface area contributed by atoms with Gasteiger partial charge in [0.2, 0.25) is 0 Å². The van der Waals surface area contributed by atoms with E-state index in [0.717, 1.165) is 31.5 Å². The van der Waals surface area contributed by atoms with Gasteiger partial charge in [-0.05, 0) is 43.6 Å². The maximum absolute atomic E-state index is 4.31. The van der Waals surface area contributed by atoms with Crippen LogP contribution in [0.3, 0.4) is 0 Å². The maximum Gasteiger partial charge on any atom is 0.302 e. The Morgan fingerprint density at radius 3 is 2.76 bits per heavy atom. The zero-order chi connectivity index (χ0) is 14.1. The maximum atomic E-state index is 4.31. The van der Waals surface area contributed by atoms with Gasteiger partial charge in [-0.25, -0.2) is 0 Å². The van der Waals surface area contributed by atoms with Crippen molar-refractivity contribution in [2.45, 2.75) is 18.9 Å². The van der Waals surface area contributed by atoms with E-state index in [1.54, 1.807) is 0 Å². The number of piperidine rings is 1. The number of hydrogen-bond acceptors (Lipinski definition) is 2. The van der Waals surface area contributed by atoms with E-state index >= 15 is 0 Å². The smallest absolute Gasteiger partial charge is 0.302 e. The first-order valence-electron chi connectivity index (χ1n) is 7.49. The minimum absolute atomic E-state index is 0.539. The number of fused-ring (bicyclic) bond motifs is 1. The van der Waals surface area contributed by atoms with Crippen LogP contribution in [0.25, 0.3) is 5.57 Å². The van der Waals surface area contributed by atoms with Gasteiger partial charge in [0.1, 0.15) is 0 Å². The molecule has 0 unspecified atom stereocenters. The highest BCUT2D eigenvalue weighted by Crippen LogP contribution is 2.26. The Labute approximate surface area is 123 Å². The summed E-state index contributed by atoms with van der Waals surface area (Å²) in [5, 5.41) is 7.12. The van der Waals surface area contributed by atoms with E-state index < -0.39 is 0 Å².